The molecule has 0 radical (unpaired) electrons. The van der Waals surface area contributed by atoms with E-state index in [4.69, 9.17) is 14.8 Å². The second kappa shape index (κ2) is 10.1. The number of benzene rings is 1. The highest BCUT2D eigenvalue weighted by Gasteiger charge is 2.15. The Hall–Kier alpha value is -3.96. The zero-order valence-electron chi connectivity index (χ0n) is 18.8. The first kappa shape index (κ1) is 22.8. The average molecular weight is 493 g/mol. The molecule has 1 aliphatic heterocycles. The molecule has 4 N–H and O–H groups in total. The minimum absolute atomic E-state index is 0.229. The maximum Gasteiger partial charge on any atom is 0.404 e. The molecule has 11 heteroatoms. The van der Waals surface area contributed by atoms with Crippen molar-refractivity contribution in [1.82, 2.24) is 20.3 Å². The molecule has 180 valence electrons. The molecule has 1 saturated heterocycles. The van der Waals surface area contributed by atoms with Gasteiger partial charge >= 0.3 is 6.09 Å². The van der Waals surface area contributed by atoms with E-state index < -0.39 is 6.09 Å². The number of anilines is 3. The van der Waals surface area contributed by atoms with E-state index in [2.05, 4.69) is 25.5 Å². The first-order chi connectivity index (χ1) is 17.1. The number of aromatic nitrogens is 3. The van der Waals surface area contributed by atoms with Crippen molar-refractivity contribution in [2.75, 3.05) is 43.1 Å². The molecule has 1 aliphatic rings. The Kier molecular flexibility index (Phi) is 6.59. The van der Waals surface area contributed by atoms with Gasteiger partial charge in [0.25, 0.3) is 5.56 Å². The van der Waals surface area contributed by atoms with Crippen molar-refractivity contribution in [2.45, 2.75) is 6.42 Å². The highest BCUT2D eigenvalue weighted by molar-refractivity contribution is 7.09. The predicted octanol–water partition coefficient (Wildman–Crippen LogP) is 3.44. The van der Waals surface area contributed by atoms with Crippen molar-refractivity contribution in [3.63, 3.8) is 0 Å². The highest BCUT2D eigenvalue weighted by atomic mass is 32.1. The van der Waals surface area contributed by atoms with Gasteiger partial charge in [0, 0.05) is 49.0 Å². The number of rotatable bonds is 7. The average Bonchev–Trinajstić information content (AvgIpc) is 3.34. The first-order valence-corrected chi connectivity index (χ1v) is 12.1. The Morgan fingerprint density at radius 3 is 2.71 bits per heavy atom. The van der Waals surface area contributed by atoms with Gasteiger partial charge in [-0.15, -0.1) is 11.3 Å². The largest absolute Gasteiger partial charge is 0.465 e. The summed E-state index contributed by atoms with van der Waals surface area (Å²) in [6.07, 6.45) is 1.04. The van der Waals surface area contributed by atoms with Crippen LogP contribution in [0.3, 0.4) is 0 Å². The highest BCUT2D eigenvalue weighted by Crippen LogP contribution is 2.29. The molecule has 1 fully saturated rings. The molecule has 10 nitrogen and oxygen atoms in total. The normalized spacial score (nSPS) is 13.7. The van der Waals surface area contributed by atoms with Gasteiger partial charge < -0.3 is 30.4 Å². The molecule has 5 rings (SSSR count). The fourth-order valence-electron chi connectivity index (χ4n) is 3.97. The molecule has 1 amide bonds. The third kappa shape index (κ3) is 5.26. The third-order valence-electron chi connectivity index (χ3n) is 5.69. The number of fused-ring (bicyclic) bond motifs is 1. The van der Waals surface area contributed by atoms with Crippen LogP contribution in [0.5, 0.6) is 0 Å². The number of thiazole rings is 1. The number of nitrogens with zero attached hydrogens (tertiary/aromatic N) is 3. The number of hydrogen-bond acceptors (Lipinski definition) is 8. The van der Waals surface area contributed by atoms with Gasteiger partial charge in [-0.2, -0.15) is 0 Å². The van der Waals surface area contributed by atoms with Crippen LogP contribution in [0, 0.1) is 0 Å². The summed E-state index contributed by atoms with van der Waals surface area (Å²) in [4.78, 5) is 37.7. The lowest BCUT2D eigenvalue weighted by Crippen LogP contribution is -2.36. The number of H-pyrrole nitrogens is 1. The minimum Gasteiger partial charge on any atom is -0.465 e. The number of aromatic amines is 1. The van der Waals surface area contributed by atoms with E-state index in [1.165, 1.54) is 11.3 Å². The summed E-state index contributed by atoms with van der Waals surface area (Å²) in [7, 11) is 0. The van der Waals surface area contributed by atoms with E-state index >= 15 is 0 Å². The van der Waals surface area contributed by atoms with Crippen LogP contribution in [0.1, 0.15) is 5.01 Å². The Morgan fingerprint density at radius 2 is 1.94 bits per heavy atom. The van der Waals surface area contributed by atoms with Crippen LogP contribution in [0.4, 0.5) is 22.0 Å². The summed E-state index contributed by atoms with van der Waals surface area (Å²) < 4.78 is 5.43. The summed E-state index contributed by atoms with van der Waals surface area (Å²) in [5.41, 5.74) is 3.01. The minimum atomic E-state index is -1.06. The number of amides is 1. The van der Waals surface area contributed by atoms with Gasteiger partial charge in [0.1, 0.15) is 5.82 Å². The van der Waals surface area contributed by atoms with Gasteiger partial charge in [-0.3, -0.25) is 4.79 Å². The lowest BCUT2D eigenvalue weighted by atomic mass is 10.1. The molecule has 3 aromatic heterocycles. The molecule has 0 aliphatic carbocycles. The topological polar surface area (TPSA) is 132 Å². The molecule has 4 heterocycles. The van der Waals surface area contributed by atoms with Crippen LogP contribution >= 0.6 is 11.3 Å². The number of carbonyl (C=O) groups is 1. The van der Waals surface area contributed by atoms with E-state index in [1.54, 1.807) is 6.20 Å². The van der Waals surface area contributed by atoms with Crippen LogP contribution < -0.4 is 21.1 Å². The Bertz CT molecular complexity index is 1400. The molecule has 0 atom stereocenters. The zero-order valence-corrected chi connectivity index (χ0v) is 19.6. The van der Waals surface area contributed by atoms with E-state index in [9.17, 15) is 9.59 Å². The van der Waals surface area contributed by atoms with Crippen molar-refractivity contribution in [3.05, 3.63) is 63.3 Å². The second-order valence-corrected chi connectivity index (χ2v) is 8.95. The van der Waals surface area contributed by atoms with Crippen LogP contribution in [-0.2, 0) is 11.2 Å². The van der Waals surface area contributed by atoms with Crippen molar-refractivity contribution < 1.29 is 14.6 Å². The maximum absolute atomic E-state index is 12.7. The number of hydrogen-bond donors (Lipinski definition) is 4. The standard InChI is InChI=1S/C24H24N6O4S/c31-23-21-15(5-7-25-23)13-18(19-14-35-20(28-19)6-8-26-24(32)33)29-22(21)27-16-1-3-17(4-2-16)30-9-11-34-12-10-30/h1-5,7,13-14,26H,6,8-12H2,(H,25,31)(H,27,29)(H,32,33). The second-order valence-electron chi connectivity index (χ2n) is 8.01. The van der Waals surface area contributed by atoms with Gasteiger partial charge in [-0.1, -0.05) is 0 Å². The van der Waals surface area contributed by atoms with Gasteiger partial charge in [-0.05, 0) is 41.8 Å². The smallest absolute Gasteiger partial charge is 0.404 e. The molecular weight excluding hydrogens is 468 g/mol. The predicted molar refractivity (Wildman–Crippen MR) is 136 cm³/mol. The number of pyridine rings is 2. The van der Waals surface area contributed by atoms with Gasteiger partial charge in [0.15, 0.2) is 0 Å². The van der Waals surface area contributed by atoms with Crippen LogP contribution in [0.25, 0.3) is 22.2 Å². The van der Waals surface area contributed by atoms with E-state index in [0.717, 1.165) is 48.1 Å². The SMILES string of the molecule is O=C(O)NCCc1nc(-c2cc3cc[nH]c(=O)c3c(Nc3ccc(N4CCOCC4)cc3)n2)cs1. The maximum atomic E-state index is 12.7. The van der Waals surface area contributed by atoms with Crippen molar-refractivity contribution in [3.8, 4) is 11.4 Å². The van der Waals surface area contributed by atoms with Crippen molar-refractivity contribution in [2.24, 2.45) is 0 Å². The third-order valence-corrected chi connectivity index (χ3v) is 6.60. The van der Waals surface area contributed by atoms with Crippen LogP contribution in [0.15, 0.2) is 52.8 Å². The van der Waals surface area contributed by atoms with E-state index in [0.29, 0.717) is 29.0 Å². The molecule has 0 unspecified atom stereocenters. The Balaban J connectivity index is 1.43. The van der Waals surface area contributed by atoms with Gasteiger partial charge in [0.2, 0.25) is 0 Å². The number of ether oxygens (including phenoxy) is 1. The summed E-state index contributed by atoms with van der Waals surface area (Å²) >= 11 is 1.44. The first-order valence-electron chi connectivity index (χ1n) is 11.2. The van der Waals surface area contributed by atoms with Crippen molar-refractivity contribution in [1.29, 1.82) is 0 Å². The molecule has 0 saturated carbocycles. The summed E-state index contributed by atoms with van der Waals surface area (Å²) in [5, 5.41) is 18.3. The molecule has 1 aromatic carbocycles. The summed E-state index contributed by atoms with van der Waals surface area (Å²) in [6, 6.07) is 11.7. The molecule has 4 aromatic rings. The number of nitrogens with one attached hydrogen (secondary N) is 3. The molecule has 35 heavy (non-hydrogen) atoms. The molecular formula is C24H24N6O4S. The lowest BCUT2D eigenvalue weighted by molar-refractivity contribution is 0.122. The summed E-state index contributed by atoms with van der Waals surface area (Å²) in [6.45, 7) is 3.45. The van der Waals surface area contributed by atoms with Crippen LogP contribution in [0.2, 0.25) is 0 Å². The molecule has 0 spiro atoms. The number of carboxylic acid groups (broad SMARTS) is 1. The van der Waals surface area contributed by atoms with Gasteiger partial charge in [-0.25, -0.2) is 14.8 Å². The fraction of sp³-hybridized carbons (Fsp3) is 0.250. The van der Waals surface area contributed by atoms with Gasteiger partial charge in [0.05, 0.1) is 35.0 Å². The van der Waals surface area contributed by atoms with Crippen molar-refractivity contribution >= 4 is 45.4 Å². The zero-order chi connectivity index (χ0) is 24.2. The van der Waals surface area contributed by atoms with E-state index in [-0.39, 0.29) is 12.1 Å². The monoisotopic (exact) mass is 492 g/mol. The Labute approximate surface area is 204 Å². The number of morpholine rings is 1. The molecule has 0 bridgehead atoms. The van der Waals surface area contributed by atoms with Crippen LogP contribution in [-0.4, -0.2) is 59.0 Å². The quantitative estimate of drug-likeness (QED) is 0.308. The summed E-state index contributed by atoms with van der Waals surface area (Å²) in [5.74, 6) is 0.445. The lowest BCUT2D eigenvalue weighted by Gasteiger charge is -2.28. The van der Waals surface area contributed by atoms with E-state index in [1.807, 2.05) is 41.8 Å². The fourth-order valence-corrected chi connectivity index (χ4v) is 4.76. The Morgan fingerprint density at radius 1 is 1.14 bits per heavy atom.